The fourth-order valence-electron chi connectivity index (χ4n) is 1.43. The first-order valence-electron chi connectivity index (χ1n) is 4.79. The molecule has 2 aromatic rings. The molecule has 1 aromatic heterocycles. The van der Waals surface area contributed by atoms with Gasteiger partial charge in [-0.05, 0) is 29.8 Å². The highest BCUT2D eigenvalue weighted by molar-refractivity contribution is 6.30. The Kier molecular flexibility index (Phi) is 3.08. The first kappa shape index (κ1) is 10.9. The number of H-pyrrole nitrogens is 1. The number of aliphatic hydroxyl groups excluding tert-OH is 1. The number of hydrogen-bond donors (Lipinski definition) is 2. The number of Topliss-reactive ketones (excluding diaryl/α,β-unsaturated/α-hetero) is 1. The first-order valence-corrected chi connectivity index (χ1v) is 5.17. The van der Waals surface area contributed by atoms with Gasteiger partial charge in [-0.15, -0.1) is 0 Å². The second kappa shape index (κ2) is 4.51. The largest absolute Gasteiger partial charge is 0.380 e. The average molecular weight is 236 g/mol. The maximum absolute atomic E-state index is 11.8. The maximum atomic E-state index is 11.8. The number of benzene rings is 1. The standard InChI is InChI=1S/C12H10ClNO2/c13-9-5-3-8(4-6-9)11(15)12(16)10-2-1-7-14-10/h1-7,11,14-15H/t11-/m1/s1. The Balaban J connectivity index is 2.22. The van der Waals surface area contributed by atoms with E-state index in [1.54, 1.807) is 42.6 Å². The number of aliphatic hydroxyl groups is 1. The van der Waals surface area contributed by atoms with Crippen LogP contribution in [0.2, 0.25) is 5.02 Å². The Bertz CT molecular complexity index is 476. The number of carbonyl (C=O) groups excluding carboxylic acids is 1. The Morgan fingerprint density at radius 1 is 1.25 bits per heavy atom. The molecular formula is C12H10ClNO2. The SMILES string of the molecule is O=C(c1ccc[nH]1)[C@H](O)c1ccc(Cl)cc1. The predicted molar refractivity (Wildman–Crippen MR) is 61.5 cm³/mol. The van der Waals surface area contributed by atoms with Crippen molar-refractivity contribution in [2.24, 2.45) is 0 Å². The van der Waals surface area contributed by atoms with Crippen LogP contribution in [0, 0.1) is 0 Å². The molecule has 2 rings (SSSR count). The second-order valence-electron chi connectivity index (χ2n) is 3.40. The summed E-state index contributed by atoms with van der Waals surface area (Å²) in [6, 6.07) is 9.88. The molecule has 1 heterocycles. The molecule has 4 heteroatoms. The first-order chi connectivity index (χ1) is 7.68. The predicted octanol–water partition coefficient (Wildman–Crippen LogP) is 2.58. The smallest absolute Gasteiger partial charge is 0.211 e. The third kappa shape index (κ3) is 2.15. The van der Waals surface area contributed by atoms with Gasteiger partial charge in [-0.25, -0.2) is 0 Å². The number of aromatic amines is 1. The van der Waals surface area contributed by atoms with Crippen LogP contribution in [-0.2, 0) is 0 Å². The van der Waals surface area contributed by atoms with E-state index in [1.807, 2.05) is 0 Å². The van der Waals surface area contributed by atoms with Gasteiger partial charge in [-0.3, -0.25) is 4.79 Å². The molecule has 0 aliphatic rings. The quantitative estimate of drug-likeness (QED) is 0.804. The number of carbonyl (C=O) groups is 1. The molecule has 0 aliphatic carbocycles. The molecule has 1 atom stereocenters. The fraction of sp³-hybridized carbons (Fsp3) is 0.0833. The van der Waals surface area contributed by atoms with Crippen molar-refractivity contribution >= 4 is 17.4 Å². The zero-order chi connectivity index (χ0) is 11.5. The maximum Gasteiger partial charge on any atom is 0.211 e. The molecule has 0 saturated heterocycles. The average Bonchev–Trinajstić information content (AvgIpc) is 2.81. The number of aromatic nitrogens is 1. The Hall–Kier alpha value is -1.58. The van der Waals surface area contributed by atoms with Gasteiger partial charge in [-0.1, -0.05) is 23.7 Å². The van der Waals surface area contributed by atoms with Gasteiger partial charge in [0.25, 0.3) is 0 Å². The molecule has 0 saturated carbocycles. The molecule has 1 aromatic carbocycles. The Labute approximate surface area is 97.7 Å². The highest BCUT2D eigenvalue weighted by atomic mass is 35.5. The molecule has 0 bridgehead atoms. The lowest BCUT2D eigenvalue weighted by Crippen LogP contribution is -2.12. The highest BCUT2D eigenvalue weighted by Crippen LogP contribution is 2.19. The van der Waals surface area contributed by atoms with Gasteiger partial charge in [0, 0.05) is 11.2 Å². The van der Waals surface area contributed by atoms with E-state index < -0.39 is 6.10 Å². The molecule has 0 amide bonds. The van der Waals surface area contributed by atoms with E-state index in [0.29, 0.717) is 16.3 Å². The minimum atomic E-state index is -1.16. The zero-order valence-corrected chi connectivity index (χ0v) is 9.11. The highest BCUT2D eigenvalue weighted by Gasteiger charge is 2.19. The van der Waals surface area contributed by atoms with Crippen LogP contribution in [0.3, 0.4) is 0 Å². The van der Waals surface area contributed by atoms with E-state index in [1.165, 1.54) is 0 Å². The number of hydrogen-bond acceptors (Lipinski definition) is 2. The van der Waals surface area contributed by atoms with Crippen LogP contribution >= 0.6 is 11.6 Å². The molecule has 16 heavy (non-hydrogen) atoms. The van der Waals surface area contributed by atoms with E-state index in [0.717, 1.165) is 0 Å². The molecule has 0 radical (unpaired) electrons. The summed E-state index contributed by atoms with van der Waals surface area (Å²) in [5, 5.41) is 10.4. The Morgan fingerprint density at radius 3 is 2.50 bits per heavy atom. The van der Waals surface area contributed by atoms with Crippen molar-refractivity contribution in [3.8, 4) is 0 Å². The van der Waals surface area contributed by atoms with Crippen molar-refractivity contribution in [2.45, 2.75) is 6.10 Å². The van der Waals surface area contributed by atoms with Crippen LogP contribution in [0.15, 0.2) is 42.6 Å². The molecule has 2 N–H and O–H groups in total. The number of ketones is 1. The summed E-state index contributed by atoms with van der Waals surface area (Å²) < 4.78 is 0. The van der Waals surface area contributed by atoms with Gasteiger partial charge in [-0.2, -0.15) is 0 Å². The fourth-order valence-corrected chi connectivity index (χ4v) is 1.55. The zero-order valence-electron chi connectivity index (χ0n) is 8.35. The van der Waals surface area contributed by atoms with Gasteiger partial charge in [0.05, 0.1) is 5.69 Å². The minimum Gasteiger partial charge on any atom is -0.380 e. The van der Waals surface area contributed by atoms with Crippen molar-refractivity contribution < 1.29 is 9.90 Å². The van der Waals surface area contributed by atoms with Crippen molar-refractivity contribution in [1.82, 2.24) is 4.98 Å². The molecule has 0 spiro atoms. The van der Waals surface area contributed by atoms with Crippen LogP contribution in [-0.4, -0.2) is 15.9 Å². The van der Waals surface area contributed by atoms with Gasteiger partial charge in [0.2, 0.25) is 5.78 Å². The minimum absolute atomic E-state index is 0.354. The normalized spacial score (nSPS) is 12.4. The third-order valence-corrected chi connectivity index (χ3v) is 2.55. The van der Waals surface area contributed by atoms with Crippen molar-refractivity contribution in [3.63, 3.8) is 0 Å². The lowest BCUT2D eigenvalue weighted by atomic mass is 10.0. The topological polar surface area (TPSA) is 53.1 Å². The monoisotopic (exact) mass is 235 g/mol. The summed E-state index contributed by atoms with van der Waals surface area (Å²) in [7, 11) is 0. The summed E-state index contributed by atoms with van der Waals surface area (Å²) in [5.74, 6) is -0.354. The van der Waals surface area contributed by atoms with E-state index in [4.69, 9.17) is 11.6 Å². The van der Waals surface area contributed by atoms with Crippen LogP contribution in [0.25, 0.3) is 0 Å². The molecule has 3 nitrogen and oxygen atoms in total. The lowest BCUT2D eigenvalue weighted by Gasteiger charge is -2.08. The summed E-state index contributed by atoms with van der Waals surface area (Å²) in [4.78, 5) is 14.5. The van der Waals surface area contributed by atoms with E-state index in [-0.39, 0.29) is 5.78 Å². The third-order valence-electron chi connectivity index (χ3n) is 2.30. The van der Waals surface area contributed by atoms with Crippen molar-refractivity contribution in [2.75, 3.05) is 0 Å². The van der Waals surface area contributed by atoms with Gasteiger partial charge in [0.15, 0.2) is 0 Å². The molecule has 82 valence electrons. The molecule has 0 aliphatic heterocycles. The van der Waals surface area contributed by atoms with Gasteiger partial charge in [0.1, 0.15) is 6.10 Å². The molecule has 0 fully saturated rings. The van der Waals surface area contributed by atoms with E-state index in [2.05, 4.69) is 4.98 Å². The number of rotatable bonds is 3. The van der Waals surface area contributed by atoms with E-state index >= 15 is 0 Å². The van der Waals surface area contributed by atoms with Crippen LogP contribution < -0.4 is 0 Å². The molecular weight excluding hydrogens is 226 g/mol. The van der Waals surface area contributed by atoms with Crippen LogP contribution in [0.4, 0.5) is 0 Å². The Morgan fingerprint density at radius 2 is 1.94 bits per heavy atom. The summed E-state index contributed by atoms with van der Waals surface area (Å²) in [5.41, 5.74) is 0.923. The lowest BCUT2D eigenvalue weighted by molar-refractivity contribution is 0.0742. The van der Waals surface area contributed by atoms with Crippen molar-refractivity contribution in [1.29, 1.82) is 0 Å². The van der Waals surface area contributed by atoms with Crippen LogP contribution in [0.5, 0.6) is 0 Å². The van der Waals surface area contributed by atoms with Crippen LogP contribution in [0.1, 0.15) is 22.2 Å². The number of halogens is 1. The summed E-state index contributed by atoms with van der Waals surface area (Å²) >= 11 is 5.72. The number of nitrogens with one attached hydrogen (secondary N) is 1. The van der Waals surface area contributed by atoms with Gasteiger partial charge < -0.3 is 10.1 Å². The van der Waals surface area contributed by atoms with Gasteiger partial charge >= 0.3 is 0 Å². The summed E-state index contributed by atoms with van der Waals surface area (Å²) in [6.07, 6.45) is 0.484. The summed E-state index contributed by atoms with van der Waals surface area (Å²) in [6.45, 7) is 0. The van der Waals surface area contributed by atoms with E-state index in [9.17, 15) is 9.90 Å². The van der Waals surface area contributed by atoms with Crippen molar-refractivity contribution in [3.05, 3.63) is 58.9 Å². The molecule has 0 unspecified atom stereocenters. The second-order valence-corrected chi connectivity index (χ2v) is 3.84.